The quantitative estimate of drug-likeness (QED) is 0.859. The third kappa shape index (κ3) is 4.29. The van der Waals surface area contributed by atoms with E-state index >= 15 is 0 Å². The zero-order valence-electron chi connectivity index (χ0n) is 11.7. The van der Waals surface area contributed by atoms with Crippen LogP contribution in [0.2, 0.25) is 0 Å². The topological polar surface area (TPSA) is 77.8 Å². The van der Waals surface area contributed by atoms with Crippen LogP contribution >= 0.6 is 11.3 Å². The molecule has 21 heavy (non-hydrogen) atoms. The first-order chi connectivity index (χ1) is 10.2. The summed E-state index contributed by atoms with van der Waals surface area (Å²) in [5.41, 5.74) is 1.24. The summed E-state index contributed by atoms with van der Waals surface area (Å²) in [6.07, 6.45) is 1.23. The van der Waals surface area contributed by atoms with Crippen LogP contribution in [0, 0.1) is 11.3 Å². The fourth-order valence-electron chi connectivity index (χ4n) is 1.74. The van der Waals surface area contributed by atoms with Crippen LogP contribution in [-0.4, -0.2) is 17.4 Å². The van der Waals surface area contributed by atoms with Crippen LogP contribution in [0.15, 0.2) is 30.3 Å². The summed E-state index contributed by atoms with van der Waals surface area (Å²) in [7, 11) is 0. The van der Waals surface area contributed by atoms with Crippen LogP contribution in [0.1, 0.15) is 23.8 Å². The highest BCUT2D eigenvalue weighted by atomic mass is 32.1. The highest BCUT2D eigenvalue weighted by Gasteiger charge is 2.12. The normalized spacial score (nSPS) is 9.90. The lowest BCUT2D eigenvalue weighted by molar-refractivity contribution is -0.115. The minimum absolute atomic E-state index is 0.146. The van der Waals surface area contributed by atoms with Crippen molar-refractivity contribution in [3.8, 4) is 6.07 Å². The first kappa shape index (κ1) is 15.0. The first-order valence-electron chi connectivity index (χ1n) is 6.71. The molecule has 2 N–H and O–H groups in total. The van der Waals surface area contributed by atoms with Crippen LogP contribution in [0.5, 0.6) is 0 Å². The number of nitrogens with one attached hydrogen (secondary N) is 2. The molecule has 2 aromatic rings. The van der Waals surface area contributed by atoms with Crippen molar-refractivity contribution in [2.45, 2.75) is 19.8 Å². The molecule has 0 bridgehead atoms. The Morgan fingerprint density at radius 1 is 1.38 bits per heavy atom. The average molecular weight is 300 g/mol. The summed E-state index contributed by atoms with van der Waals surface area (Å²) in [5, 5.41) is 15.5. The van der Waals surface area contributed by atoms with Gasteiger partial charge in [-0.2, -0.15) is 5.26 Å². The van der Waals surface area contributed by atoms with E-state index in [-0.39, 0.29) is 5.91 Å². The van der Waals surface area contributed by atoms with Gasteiger partial charge in [0.15, 0.2) is 15.8 Å². The minimum Gasteiger partial charge on any atom is -0.361 e. The number of hydrogen-bond donors (Lipinski definition) is 2. The second-order valence-electron chi connectivity index (χ2n) is 4.37. The number of rotatable bonds is 6. The van der Waals surface area contributed by atoms with Crippen LogP contribution in [-0.2, 0) is 11.2 Å². The molecule has 1 aromatic heterocycles. The van der Waals surface area contributed by atoms with Gasteiger partial charge in [-0.1, -0.05) is 48.6 Å². The second-order valence-corrected chi connectivity index (χ2v) is 5.37. The van der Waals surface area contributed by atoms with Gasteiger partial charge < -0.3 is 10.6 Å². The fourth-order valence-corrected chi connectivity index (χ4v) is 2.48. The van der Waals surface area contributed by atoms with Crippen molar-refractivity contribution in [2.75, 3.05) is 17.2 Å². The number of amides is 1. The molecule has 0 atom stereocenters. The average Bonchev–Trinajstić information content (AvgIpc) is 2.90. The third-order valence-corrected chi connectivity index (χ3v) is 3.76. The summed E-state index contributed by atoms with van der Waals surface area (Å²) in [6.45, 7) is 2.48. The molecule has 0 saturated heterocycles. The van der Waals surface area contributed by atoms with Crippen LogP contribution in [0.4, 0.5) is 10.9 Å². The Kier molecular flexibility index (Phi) is 5.29. The van der Waals surface area contributed by atoms with E-state index < -0.39 is 0 Å². The van der Waals surface area contributed by atoms with Crippen molar-refractivity contribution in [2.24, 2.45) is 0 Å². The molecule has 1 heterocycles. The van der Waals surface area contributed by atoms with Crippen molar-refractivity contribution < 1.29 is 4.79 Å². The number of hydrogen-bond acceptors (Lipinski definition) is 5. The van der Waals surface area contributed by atoms with Gasteiger partial charge in [0.05, 0.1) is 0 Å². The molecule has 2 rings (SSSR count). The van der Waals surface area contributed by atoms with Gasteiger partial charge in [0.2, 0.25) is 5.91 Å². The fraction of sp³-hybridized carbons (Fsp3) is 0.267. The van der Waals surface area contributed by atoms with E-state index in [1.807, 2.05) is 18.2 Å². The predicted molar refractivity (Wildman–Crippen MR) is 84.4 cm³/mol. The summed E-state index contributed by atoms with van der Waals surface area (Å²) in [5.74, 6) is 0.198. The predicted octanol–water partition coefficient (Wildman–Crippen LogP) is 3.02. The van der Waals surface area contributed by atoms with Crippen molar-refractivity contribution in [1.29, 1.82) is 5.26 Å². The maximum Gasteiger partial charge on any atom is 0.225 e. The first-order valence-corrected chi connectivity index (χ1v) is 7.53. The summed E-state index contributed by atoms with van der Waals surface area (Å²) in [6, 6.07) is 12.2. The van der Waals surface area contributed by atoms with Gasteiger partial charge in [-0.05, 0) is 12.0 Å². The molecule has 0 saturated carbocycles. The minimum atomic E-state index is -0.146. The zero-order valence-corrected chi connectivity index (χ0v) is 12.5. The summed E-state index contributed by atoms with van der Waals surface area (Å²) >= 11 is 1.25. The SMILES string of the molecule is CCC(=O)Nc1nc(NCCc2ccccc2)sc1C#N. The Morgan fingerprint density at radius 3 is 2.81 bits per heavy atom. The molecular formula is C15H16N4OS. The van der Waals surface area contributed by atoms with E-state index in [9.17, 15) is 4.79 Å². The molecule has 0 unspecified atom stereocenters. The molecular weight excluding hydrogens is 284 g/mol. The van der Waals surface area contributed by atoms with Gasteiger partial charge >= 0.3 is 0 Å². The maximum absolute atomic E-state index is 11.4. The lowest BCUT2D eigenvalue weighted by Gasteiger charge is -2.02. The molecule has 5 nitrogen and oxygen atoms in total. The van der Waals surface area contributed by atoms with E-state index in [0.29, 0.717) is 22.2 Å². The number of carbonyl (C=O) groups is 1. The largest absolute Gasteiger partial charge is 0.361 e. The number of nitrogens with zero attached hydrogens (tertiary/aromatic N) is 2. The summed E-state index contributed by atoms with van der Waals surface area (Å²) in [4.78, 5) is 16.1. The highest BCUT2D eigenvalue weighted by molar-refractivity contribution is 7.16. The van der Waals surface area contributed by atoms with Crippen LogP contribution in [0.25, 0.3) is 0 Å². The van der Waals surface area contributed by atoms with Gasteiger partial charge in [0, 0.05) is 13.0 Å². The lowest BCUT2D eigenvalue weighted by Crippen LogP contribution is -2.11. The molecule has 0 fully saturated rings. The number of nitriles is 1. The van der Waals surface area contributed by atoms with Gasteiger partial charge in [-0.25, -0.2) is 4.98 Å². The molecule has 0 aliphatic heterocycles. The summed E-state index contributed by atoms with van der Waals surface area (Å²) < 4.78 is 0. The maximum atomic E-state index is 11.4. The molecule has 0 spiro atoms. The highest BCUT2D eigenvalue weighted by Crippen LogP contribution is 2.26. The van der Waals surface area contributed by atoms with Crippen molar-refractivity contribution in [3.63, 3.8) is 0 Å². The van der Waals surface area contributed by atoms with Crippen LogP contribution < -0.4 is 10.6 Å². The Hall–Kier alpha value is -2.39. The van der Waals surface area contributed by atoms with Gasteiger partial charge in [0.25, 0.3) is 0 Å². The van der Waals surface area contributed by atoms with E-state index in [1.54, 1.807) is 6.92 Å². The third-order valence-electron chi connectivity index (χ3n) is 2.84. The van der Waals surface area contributed by atoms with E-state index in [2.05, 4.69) is 33.8 Å². The zero-order chi connectivity index (χ0) is 15.1. The van der Waals surface area contributed by atoms with Gasteiger partial charge in [0.1, 0.15) is 6.07 Å². The van der Waals surface area contributed by atoms with Crippen molar-refractivity contribution in [3.05, 3.63) is 40.8 Å². The number of carbonyl (C=O) groups excluding carboxylic acids is 1. The Bertz CT molecular complexity index is 645. The Labute approximate surface area is 127 Å². The number of thiazole rings is 1. The molecule has 6 heteroatoms. The smallest absolute Gasteiger partial charge is 0.225 e. The van der Waals surface area contributed by atoms with Crippen molar-refractivity contribution in [1.82, 2.24) is 4.98 Å². The molecule has 0 radical (unpaired) electrons. The Morgan fingerprint density at radius 2 is 2.14 bits per heavy atom. The monoisotopic (exact) mass is 300 g/mol. The van der Waals surface area contributed by atoms with E-state index in [1.165, 1.54) is 16.9 Å². The van der Waals surface area contributed by atoms with Gasteiger partial charge in [-0.15, -0.1) is 0 Å². The molecule has 1 aromatic carbocycles. The molecule has 0 aliphatic carbocycles. The Balaban J connectivity index is 1.95. The number of benzene rings is 1. The second kappa shape index (κ2) is 7.41. The van der Waals surface area contributed by atoms with Crippen LogP contribution in [0.3, 0.4) is 0 Å². The van der Waals surface area contributed by atoms with E-state index in [0.717, 1.165) is 13.0 Å². The van der Waals surface area contributed by atoms with Crippen molar-refractivity contribution >= 4 is 28.2 Å². The molecule has 108 valence electrons. The number of anilines is 2. The molecule has 0 aliphatic rings. The molecule has 1 amide bonds. The standard InChI is InChI=1S/C15H16N4OS/c1-2-13(20)18-14-12(10-16)21-15(19-14)17-9-8-11-6-4-3-5-7-11/h3-7H,2,8-9H2,1H3,(H,17,19)(H,18,20). The lowest BCUT2D eigenvalue weighted by atomic mass is 10.2. The number of aromatic nitrogens is 1. The van der Waals surface area contributed by atoms with Gasteiger partial charge in [-0.3, -0.25) is 4.79 Å². The van der Waals surface area contributed by atoms with E-state index in [4.69, 9.17) is 5.26 Å².